The summed E-state index contributed by atoms with van der Waals surface area (Å²) in [5, 5.41) is 4.50. The molecule has 0 aliphatic rings. The van der Waals surface area contributed by atoms with Gasteiger partial charge >= 0.3 is 0 Å². The first-order valence-electron chi connectivity index (χ1n) is 10.6. The van der Waals surface area contributed by atoms with Crippen LogP contribution in [0.1, 0.15) is 43.6 Å². The third kappa shape index (κ3) is 4.24. The second kappa shape index (κ2) is 8.24. The van der Waals surface area contributed by atoms with Gasteiger partial charge in [0.2, 0.25) is 0 Å². The average Bonchev–Trinajstić information content (AvgIpc) is 3.11. The third-order valence-corrected chi connectivity index (χ3v) is 5.97. The van der Waals surface area contributed by atoms with Crippen molar-refractivity contribution in [1.82, 2.24) is 4.57 Å². The Labute approximate surface area is 188 Å². The number of halogens is 1. The molecule has 1 amide bonds. The molecule has 0 unspecified atom stereocenters. The monoisotopic (exact) mass is 430 g/mol. The summed E-state index contributed by atoms with van der Waals surface area (Å²) < 4.78 is 2.31. The first-order chi connectivity index (χ1) is 14.8. The van der Waals surface area contributed by atoms with Crippen LogP contribution in [0.3, 0.4) is 0 Å². The molecule has 4 rings (SSSR count). The molecule has 4 heteroatoms. The van der Waals surface area contributed by atoms with Crippen molar-refractivity contribution in [2.24, 2.45) is 0 Å². The molecule has 31 heavy (non-hydrogen) atoms. The summed E-state index contributed by atoms with van der Waals surface area (Å²) in [6.45, 7) is 9.70. The maximum absolute atomic E-state index is 12.6. The van der Waals surface area contributed by atoms with E-state index < -0.39 is 0 Å². The van der Waals surface area contributed by atoms with Crippen molar-refractivity contribution >= 4 is 34.1 Å². The predicted octanol–water partition coefficient (Wildman–Crippen LogP) is 7.53. The van der Waals surface area contributed by atoms with E-state index in [9.17, 15) is 4.79 Å². The summed E-state index contributed by atoms with van der Waals surface area (Å²) in [6, 6.07) is 24.1. The lowest BCUT2D eigenvalue weighted by Gasteiger charge is -2.19. The van der Waals surface area contributed by atoms with Gasteiger partial charge in [-0.25, -0.2) is 0 Å². The molecule has 3 nitrogen and oxygen atoms in total. The lowest BCUT2D eigenvalue weighted by Crippen LogP contribution is -2.12. The van der Waals surface area contributed by atoms with Crippen LogP contribution < -0.4 is 5.32 Å². The summed E-state index contributed by atoms with van der Waals surface area (Å²) in [4.78, 5) is 12.6. The Bertz CT molecular complexity index is 1250. The van der Waals surface area contributed by atoms with Gasteiger partial charge in [-0.3, -0.25) is 4.79 Å². The molecule has 0 bridgehead atoms. The van der Waals surface area contributed by atoms with Crippen molar-refractivity contribution in [3.8, 4) is 11.3 Å². The zero-order valence-corrected chi connectivity index (χ0v) is 19.1. The number of hydrogen-bond acceptors (Lipinski definition) is 1. The first-order valence-corrected chi connectivity index (χ1v) is 11.0. The number of carbonyl (C=O) groups excluding carboxylic acids is 1. The van der Waals surface area contributed by atoms with Crippen LogP contribution in [0.2, 0.25) is 5.02 Å². The zero-order valence-electron chi connectivity index (χ0n) is 18.4. The van der Waals surface area contributed by atoms with Crippen LogP contribution in [0.4, 0.5) is 5.69 Å². The van der Waals surface area contributed by atoms with Gasteiger partial charge in [-0.1, -0.05) is 68.8 Å². The summed E-state index contributed by atoms with van der Waals surface area (Å²) in [6.07, 6.45) is 0. The second-order valence-corrected chi connectivity index (χ2v) is 9.22. The predicted molar refractivity (Wildman–Crippen MR) is 131 cm³/mol. The fourth-order valence-corrected chi connectivity index (χ4v) is 4.13. The highest BCUT2D eigenvalue weighted by Gasteiger charge is 2.16. The maximum Gasteiger partial charge on any atom is 0.257 e. The summed E-state index contributed by atoms with van der Waals surface area (Å²) in [7, 11) is 0. The third-order valence-electron chi connectivity index (χ3n) is 5.64. The van der Waals surface area contributed by atoms with Gasteiger partial charge in [0.05, 0.1) is 10.6 Å². The molecule has 158 valence electrons. The van der Waals surface area contributed by atoms with Crippen molar-refractivity contribution in [1.29, 1.82) is 0 Å². The lowest BCUT2D eigenvalue weighted by atomic mass is 9.86. The zero-order chi connectivity index (χ0) is 22.2. The number of aryl methyl sites for hydroxylation is 1. The van der Waals surface area contributed by atoms with Gasteiger partial charge in [-0.2, -0.15) is 0 Å². The van der Waals surface area contributed by atoms with Crippen LogP contribution in [-0.2, 0) is 12.0 Å². The molecular weight excluding hydrogens is 404 g/mol. The van der Waals surface area contributed by atoms with E-state index in [0.29, 0.717) is 10.6 Å². The fraction of sp³-hybridized carbons (Fsp3) is 0.222. The molecule has 0 atom stereocenters. The Morgan fingerprint density at radius 3 is 2.32 bits per heavy atom. The van der Waals surface area contributed by atoms with Crippen LogP contribution in [0.5, 0.6) is 0 Å². The molecule has 0 aliphatic heterocycles. The molecule has 0 saturated heterocycles. The Balaban J connectivity index is 1.68. The topological polar surface area (TPSA) is 34.0 Å². The van der Waals surface area contributed by atoms with Crippen molar-refractivity contribution in [3.63, 3.8) is 0 Å². The van der Waals surface area contributed by atoms with Crippen molar-refractivity contribution < 1.29 is 4.79 Å². The van der Waals surface area contributed by atoms with E-state index in [2.05, 4.69) is 74.0 Å². The fourth-order valence-electron chi connectivity index (χ4n) is 3.91. The number of aromatic nitrogens is 1. The van der Waals surface area contributed by atoms with E-state index in [1.807, 2.05) is 24.3 Å². The number of benzene rings is 3. The highest BCUT2D eigenvalue weighted by atomic mass is 35.5. The molecule has 0 aliphatic carbocycles. The SMILES string of the molecule is CCn1c(-c2ccc(C(C)(C)C)cc2)cc2cc(NC(=O)c3ccccc3Cl)ccc21. The van der Waals surface area contributed by atoms with E-state index >= 15 is 0 Å². The van der Waals surface area contributed by atoms with Gasteiger partial charge < -0.3 is 9.88 Å². The number of nitrogens with zero attached hydrogens (tertiary/aromatic N) is 1. The summed E-state index contributed by atoms with van der Waals surface area (Å²) in [5.74, 6) is -0.210. The van der Waals surface area contributed by atoms with E-state index in [4.69, 9.17) is 11.6 Å². The number of amides is 1. The second-order valence-electron chi connectivity index (χ2n) is 8.81. The molecule has 0 fully saturated rings. The number of rotatable bonds is 4. The molecule has 1 N–H and O–H groups in total. The van der Waals surface area contributed by atoms with E-state index in [0.717, 1.165) is 23.1 Å². The number of fused-ring (bicyclic) bond motifs is 1. The van der Waals surface area contributed by atoms with Crippen molar-refractivity contribution in [2.75, 3.05) is 5.32 Å². The van der Waals surface area contributed by atoms with Gasteiger partial charge in [0.1, 0.15) is 0 Å². The Morgan fingerprint density at radius 2 is 1.68 bits per heavy atom. The molecule has 4 aromatic rings. The minimum absolute atomic E-state index is 0.130. The molecule has 0 radical (unpaired) electrons. The van der Waals surface area contributed by atoms with Gasteiger partial charge in [-0.05, 0) is 59.9 Å². The van der Waals surface area contributed by atoms with Crippen molar-refractivity contribution in [3.05, 3.63) is 88.9 Å². The molecule has 0 saturated carbocycles. The van der Waals surface area contributed by atoms with E-state index in [1.54, 1.807) is 12.1 Å². The number of anilines is 1. The Hall–Kier alpha value is -3.04. The standard InChI is InChI=1S/C27H27ClN2O/c1-5-30-24-15-14-21(29-26(31)22-8-6-7-9-23(22)28)16-19(24)17-25(30)18-10-12-20(13-11-18)27(2,3)4/h6-17H,5H2,1-4H3,(H,29,31). The molecule has 1 aromatic heterocycles. The van der Waals surface area contributed by atoms with Gasteiger partial charge in [0.15, 0.2) is 0 Å². The smallest absolute Gasteiger partial charge is 0.257 e. The van der Waals surface area contributed by atoms with E-state index in [-0.39, 0.29) is 11.3 Å². The Morgan fingerprint density at radius 1 is 0.968 bits per heavy atom. The highest BCUT2D eigenvalue weighted by molar-refractivity contribution is 6.34. The molecule has 3 aromatic carbocycles. The minimum atomic E-state index is -0.210. The molecule has 0 spiro atoms. The van der Waals surface area contributed by atoms with Crippen LogP contribution in [0.15, 0.2) is 72.8 Å². The maximum atomic E-state index is 12.6. The van der Waals surface area contributed by atoms with Crippen LogP contribution in [-0.4, -0.2) is 10.5 Å². The van der Waals surface area contributed by atoms with Gasteiger partial charge in [-0.15, -0.1) is 0 Å². The van der Waals surface area contributed by atoms with Gasteiger partial charge in [0, 0.05) is 28.8 Å². The van der Waals surface area contributed by atoms with Crippen LogP contribution in [0.25, 0.3) is 22.2 Å². The molecule has 1 heterocycles. The lowest BCUT2D eigenvalue weighted by molar-refractivity contribution is 0.102. The summed E-state index contributed by atoms with van der Waals surface area (Å²) in [5.41, 5.74) is 6.17. The van der Waals surface area contributed by atoms with Crippen molar-refractivity contribution in [2.45, 2.75) is 39.7 Å². The van der Waals surface area contributed by atoms with E-state index in [1.165, 1.54) is 16.8 Å². The number of hydrogen-bond donors (Lipinski definition) is 1. The first kappa shape index (κ1) is 21.2. The minimum Gasteiger partial charge on any atom is -0.341 e. The van der Waals surface area contributed by atoms with Crippen LogP contribution in [0, 0.1) is 0 Å². The largest absolute Gasteiger partial charge is 0.341 e. The average molecular weight is 431 g/mol. The van der Waals surface area contributed by atoms with Gasteiger partial charge in [0.25, 0.3) is 5.91 Å². The number of nitrogens with one attached hydrogen (secondary N) is 1. The normalized spacial score (nSPS) is 11.6. The Kier molecular flexibility index (Phi) is 5.63. The number of carbonyl (C=O) groups is 1. The van der Waals surface area contributed by atoms with Crippen LogP contribution >= 0.6 is 11.6 Å². The highest BCUT2D eigenvalue weighted by Crippen LogP contribution is 2.32. The summed E-state index contributed by atoms with van der Waals surface area (Å²) >= 11 is 6.17. The molecular formula is C27H27ClN2O. The quantitative estimate of drug-likeness (QED) is 0.356.